The number of fused-ring (bicyclic) bond motifs is 1. The van der Waals surface area contributed by atoms with Gasteiger partial charge in [-0.3, -0.25) is 0 Å². The molecule has 0 aliphatic carbocycles. The lowest BCUT2D eigenvalue weighted by atomic mass is 9.86. The maximum absolute atomic E-state index is 9.90. The van der Waals surface area contributed by atoms with Gasteiger partial charge in [0, 0.05) is 46.8 Å². The van der Waals surface area contributed by atoms with Crippen molar-refractivity contribution in [2.24, 2.45) is 5.73 Å². The monoisotopic (exact) mass is 396 g/mol. The quantitative estimate of drug-likeness (QED) is 0.570. The Labute approximate surface area is 171 Å². The molecule has 0 saturated carbocycles. The minimum atomic E-state index is 0.119. The Kier molecular flexibility index (Phi) is 5.63. The van der Waals surface area contributed by atoms with Crippen LogP contribution in [0, 0.1) is 6.92 Å². The molecule has 0 unspecified atom stereocenters. The third-order valence-corrected chi connectivity index (χ3v) is 6.20. The van der Waals surface area contributed by atoms with Crippen molar-refractivity contribution in [3.8, 4) is 0 Å². The van der Waals surface area contributed by atoms with Crippen molar-refractivity contribution < 1.29 is 5.11 Å². The van der Waals surface area contributed by atoms with Gasteiger partial charge in [0.05, 0.1) is 12.6 Å². The first kappa shape index (κ1) is 19.3. The van der Waals surface area contributed by atoms with E-state index in [1.807, 2.05) is 18.2 Å². The lowest BCUT2D eigenvalue weighted by Gasteiger charge is -2.32. The Morgan fingerprint density at radius 1 is 1.29 bits per heavy atom. The normalized spacial score (nSPS) is 18.1. The second kappa shape index (κ2) is 8.16. The van der Waals surface area contributed by atoms with E-state index >= 15 is 0 Å². The van der Waals surface area contributed by atoms with Crippen LogP contribution in [0.15, 0.2) is 42.6 Å². The number of hydrogen-bond acceptors (Lipinski definition) is 3. The van der Waals surface area contributed by atoms with E-state index in [0.717, 1.165) is 47.3 Å². The number of nitrogens with one attached hydrogen (secondary N) is 1. The molecule has 1 aliphatic rings. The molecule has 2 atom stereocenters. The van der Waals surface area contributed by atoms with Gasteiger partial charge in [0.15, 0.2) is 0 Å². The number of nitrogens with zero attached hydrogens (tertiary/aromatic N) is 1. The van der Waals surface area contributed by atoms with Gasteiger partial charge in [-0.05, 0) is 54.2 Å². The topological polar surface area (TPSA) is 65.3 Å². The molecular weight excluding hydrogens is 370 g/mol. The van der Waals surface area contributed by atoms with E-state index in [9.17, 15) is 5.11 Å². The Morgan fingerprint density at radius 3 is 2.89 bits per heavy atom. The van der Waals surface area contributed by atoms with Crippen molar-refractivity contribution >= 4 is 28.2 Å². The van der Waals surface area contributed by atoms with Crippen LogP contribution in [0.5, 0.6) is 0 Å². The standard InChI is InChI=1S/C23H27ClN3O/c1-2-18(21-13-26-22-9-8-16(24)11-20(21)22)19-7-3-5-15(12-25)23(19)27-10-4-6-17(27)14-28/h3,5,7-9,11,13,17-18,26,28H,1-2,4,6,10,12,14,25H2/t17-,18+/m0/s1. The summed E-state index contributed by atoms with van der Waals surface area (Å²) in [6.07, 6.45) is 4.88. The zero-order valence-electron chi connectivity index (χ0n) is 16.0. The van der Waals surface area contributed by atoms with Crippen molar-refractivity contribution in [3.05, 3.63) is 71.2 Å². The molecule has 3 aromatic rings. The molecule has 28 heavy (non-hydrogen) atoms. The minimum Gasteiger partial charge on any atom is -0.394 e. The summed E-state index contributed by atoms with van der Waals surface area (Å²) in [4.78, 5) is 5.72. The molecule has 1 aromatic heterocycles. The second-order valence-electron chi connectivity index (χ2n) is 7.51. The van der Waals surface area contributed by atoms with Crippen LogP contribution in [0.2, 0.25) is 5.02 Å². The number of aromatic nitrogens is 1. The summed E-state index contributed by atoms with van der Waals surface area (Å²) in [5, 5.41) is 11.8. The molecule has 1 aliphatic heterocycles. The Balaban J connectivity index is 1.88. The van der Waals surface area contributed by atoms with Crippen molar-refractivity contribution in [1.29, 1.82) is 0 Å². The highest BCUT2D eigenvalue weighted by atomic mass is 35.5. The second-order valence-corrected chi connectivity index (χ2v) is 7.94. The van der Waals surface area contributed by atoms with Gasteiger partial charge in [-0.1, -0.05) is 36.7 Å². The summed E-state index contributed by atoms with van der Waals surface area (Å²) in [6.45, 7) is 5.84. The predicted molar refractivity (Wildman–Crippen MR) is 117 cm³/mol. The fourth-order valence-electron chi connectivity index (χ4n) is 4.61. The molecule has 0 amide bonds. The highest BCUT2D eigenvalue weighted by Crippen LogP contribution is 2.41. The molecule has 1 radical (unpaired) electrons. The first-order valence-electron chi connectivity index (χ1n) is 9.93. The van der Waals surface area contributed by atoms with Gasteiger partial charge in [-0.2, -0.15) is 0 Å². The van der Waals surface area contributed by atoms with E-state index < -0.39 is 0 Å². The van der Waals surface area contributed by atoms with E-state index in [1.165, 1.54) is 16.8 Å². The number of nitrogens with two attached hydrogens (primary N) is 1. The summed E-state index contributed by atoms with van der Waals surface area (Å²) in [6, 6.07) is 12.4. The van der Waals surface area contributed by atoms with Crippen LogP contribution in [-0.4, -0.2) is 29.3 Å². The average Bonchev–Trinajstić information content (AvgIpc) is 3.35. The van der Waals surface area contributed by atoms with Crippen molar-refractivity contribution in [1.82, 2.24) is 4.98 Å². The average molecular weight is 397 g/mol. The zero-order chi connectivity index (χ0) is 19.7. The summed E-state index contributed by atoms with van der Waals surface area (Å²) in [5.41, 5.74) is 11.9. The first-order chi connectivity index (χ1) is 13.7. The number of aromatic amines is 1. The summed E-state index contributed by atoms with van der Waals surface area (Å²) < 4.78 is 0. The molecule has 5 heteroatoms. The number of H-pyrrole nitrogens is 1. The molecule has 147 valence electrons. The number of aliphatic hydroxyl groups is 1. The van der Waals surface area contributed by atoms with Gasteiger partial charge in [0.2, 0.25) is 0 Å². The van der Waals surface area contributed by atoms with E-state index in [2.05, 4.69) is 41.2 Å². The van der Waals surface area contributed by atoms with Gasteiger partial charge in [0.25, 0.3) is 0 Å². The first-order valence-corrected chi connectivity index (χ1v) is 10.3. The van der Waals surface area contributed by atoms with E-state index in [-0.39, 0.29) is 18.6 Å². The summed E-state index contributed by atoms with van der Waals surface area (Å²) in [7, 11) is 0. The van der Waals surface area contributed by atoms with Crippen LogP contribution in [0.1, 0.15) is 41.9 Å². The molecule has 4 rings (SSSR count). The Morgan fingerprint density at radius 2 is 2.14 bits per heavy atom. The molecule has 1 fully saturated rings. The Bertz CT molecular complexity index is 968. The van der Waals surface area contributed by atoms with Crippen LogP contribution >= 0.6 is 11.6 Å². The van der Waals surface area contributed by atoms with Crippen molar-refractivity contribution in [2.75, 3.05) is 18.1 Å². The Hall–Kier alpha value is -2.01. The number of rotatable bonds is 6. The SMILES string of the molecule is [CH2]C[C@H](c1cccc(CN)c1N1CCC[C@H]1CO)c1c[nH]c2ccc(Cl)cc12. The number of benzene rings is 2. The van der Waals surface area contributed by atoms with Crippen LogP contribution in [0.25, 0.3) is 10.9 Å². The van der Waals surface area contributed by atoms with Gasteiger partial charge in [-0.15, -0.1) is 0 Å². The van der Waals surface area contributed by atoms with Gasteiger partial charge >= 0.3 is 0 Å². The smallest absolute Gasteiger partial charge is 0.0635 e. The number of anilines is 1. The predicted octanol–water partition coefficient (Wildman–Crippen LogP) is 4.60. The third kappa shape index (κ3) is 3.30. The minimum absolute atomic E-state index is 0.119. The number of hydrogen-bond donors (Lipinski definition) is 3. The summed E-state index contributed by atoms with van der Waals surface area (Å²) in [5.74, 6) is 0.119. The van der Waals surface area contributed by atoms with E-state index in [0.29, 0.717) is 6.54 Å². The third-order valence-electron chi connectivity index (χ3n) is 5.96. The molecular formula is C23H27ClN3O. The van der Waals surface area contributed by atoms with Gasteiger partial charge in [0.1, 0.15) is 0 Å². The highest BCUT2D eigenvalue weighted by molar-refractivity contribution is 6.31. The van der Waals surface area contributed by atoms with Crippen molar-refractivity contribution in [2.45, 2.75) is 37.8 Å². The van der Waals surface area contributed by atoms with Gasteiger partial charge < -0.3 is 20.7 Å². The molecule has 0 spiro atoms. The maximum Gasteiger partial charge on any atom is 0.0635 e. The highest BCUT2D eigenvalue weighted by Gasteiger charge is 2.30. The maximum atomic E-state index is 9.90. The number of para-hydroxylation sites is 1. The van der Waals surface area contributed by atoms with E-state index in [1.54, 1.807) is 0 Å². The van der Waals surface area contributed by atoms with Crippen LogP contribution in [0.3, 0.4) is 0 Å². The molecule has 1 saturated heterocycles. The number of halogens is 1. The fraction of sp³-hybridized carbons (Fsp3) is 0.348. The van der Waals surface area contributed by atoms with Crippen LogP contribution < -0.4 is 10.6 Å². The summed E-state index contributed by atoms with van der Waals surface area (Å²) >= 11 is 6.28. The van der Waals surface area contributed by atoms with Crippen molar-refractivity contribution in [3.63, 3.8) is 0 Å². The molecule has 2 aromatic carbocycles. The molecule has 0 bridgehead atoms. The lowest BCUT2D eigenvalue weighted by molar-refractivity contribution is 0.266. The van der Waals surface area contributed by atoms with Crippen LogP contribution in [0.4, 0.5) is 5.69 Å². The number of aliphatic hydroxyl groups excluding tert-OH is 1. The lowest BCUT2D eigenvalue weighted by Crippen LogP contribution is -2.34. The zero-order valence-corrected chi connectivity index (χ0v) is 16.8. The molecule has 2 heterocycles. The van der Waals surface area contributed by atoms with E-state index in [4.69, 9.17) is 17.3 Å². The fourth-order valence-corrected chi connectivity index (χ4v) is 4.78. The van der Waals surface area contributed by atoms with Gasteiger partial charge in [-0.25, -0.2) is 0 Å². The molecule has 4 nitrogen and oxygen atoms in total. The van der Waals surface area contributed by atoms with Crippen LogP contribution in [-0.2, 0) is 6.54 Å². The molecule has 4 N–H and O–H groups in total. The largest absolute Gasteiger partial charge is 0.394 e.